The monoisotopic (exact) mass is 2120 g/mol. The number of nitrogens with zero attached hydrogens (tertiary/aromatic N) is 5. The number of phenolic OH excluding ortho intramolecular Hbond substituents is 1. The number of carboxylic acid groups (broad SMARTS) is 3. The molecule has 822 valence electrons. The van der Waals surface area contributed by atoms with E-state index in [-0.39, 0.29) is 133 Å². The number of rotatable bonds is 64. The lowest BCUT2D eigenvalue weighted by Gasteiger charge is -2.32. The third-order valence-corrected chi connectivity index (χ3v) is 23.6. The number of nitrogens with one attached hydrogen (secondary N) is 19. The van der Waals surface area contributed by atoms with Crippen LogP contribution in [0.5, 0.6) is 5.75 Å². The number of benzene rings is 3. The Morgan fingerprint density at radius 3 is 1.44 bits per heavy atom. The second-order valence-electron chi connectivity index (χ2n) is 36.0. The number of thioether (sulfide) groups is 1. The number of carbonyl (C=O) groups excluding carboxylic acids is 19. The van der Waals surface area contributed by atoms with Crippen molar-refractivity contribution in [3.05, 3.63) is 108 Å². The first-order valence-electron chi connectivity index (χ1n) is 48.0. The first-order chi connectivity index (χ1) is 71.0. The number of phenols is 1. The van der Waals surface area contributed by atoms with Gasteiger partial charge in [-0.25, -0.2) is 0 Å². The van der Waals surface area contributed by atoms with Crippen molar-refractivity contribution in [3.8, 4) is 5.75 Å². The van der Waals surface area contributed by atoms with E-state index in [0.29, 0.717) is 22.2 Å². The molecule has 150 heavy (non-hydrogen) atoms. The van der Waals surface area contributed by atoms with E-state index in [1.165, 1.54) is 86.0 Å². The second-order valence-corrected chi connectivity index (χ2v) is 37.0. The maximum Gasteiger partial charge on any atom is 0.317 e. The molecule has 1 aromatic heterocycles. The molecule has 1 fully saturated rings. The highest BCUT2D eigenvalue weighted by Crippen LogP contribution is 2.22. The number of hydrogen-bond donors (Lipinski definition) is 28. The van der Waals surface area contributed by atoms with E-state index in [1.54, 1.807) is 77.8 Å². The Balaban J connectivity index is 1.30. The molecule has 3 aromatic carbocycles. The lowest BCUT2D eigenvalue weighted by molar-refractivity contribution is -0.140. The molecule has 1 saturated heterocycles. The lowest BCUT2D eigenvalue weighted by atomic mass is 10.0. The van der Waals surface area contributed by atoms with Crippen LogP contribution < -0.4 is 119 Å². The number of nitrogens with two attached hydrogens (primary N) is 5. The third-order valence-electron chi connectivity index (χ3n) is 23.0. The molecule has 2 heterocycles. The fraction of sp³-hybridized carbons (Fsp3) is 0.511. The maximum absolute atomic E-state index is 14.8. The standard InChI is InChI=1S/C94H139N29O26S/c1-8-101-51-102-43-70(92(148)116-66(38-52(2)3)90(146)112-62(82(98)138)27-37-150-7)111-76(130)46-107-93(149)81(53(4)5)119-83(139)54(6)108-89(145)68(40-57-42-104-61-13-10-9-12-60(57)61)118-88(144)65(24-26-72(96)126)115-91(147)69(41-73(97)127)110-75(129)45-106-85(141)67(39-55-15-21-59(124)22-16-55)117-86(142)63(14-11-28-103-94(99)100)114-87(143)64(23-25-71(95)125)113-84(140)56-17-19-58(20-18-56)109-74(128)44-105-77(131)47-120-29-31-121(48-78(132)133)33-35-123(50-80(136)137)36-34-122(32-30-120)49-79(134)135/h8-10,12-13,15-22,42,51-54,62-70,81,104,124H,1,11,14,23-41,43-50H2,2-7H3,(H2,95,125)(H2,96,126)(H2,97,127)(H2,98,138)(H,101,102)(H,105,131)(H,106,141)(H,107,149)(H,108,145)(H,109,128)(H,110,129)(H,111,130)(H,112,146)(H,113,140)(H,114,143)(H,115,147)(H,116,148)(H,117,142)(H,118,144)(H,119,139)(H,132,133)(H,134,135)(H,136,137)(H4,99,100,103)/t54-,62-,63-,64-,65-,66-,67-,68-,69-,70-,81-/m0/s1. The zero-order chi connectivity index (χ0) is 111. The summed E-state index contributed by atoms with van der Waals surface area (Å²) >= 11 is 1.42. The fourth-order valence-electron chi connectivity index (χ4n) is 15.1. The van der Waals surface area contributed by atoms with E-state index < -0.39 is 286 Å². The molecule has 19 amide bonds. The molecule has 0 unspecified atom stereocenters. The highest BCUT2D eigenvalue weighted by atomic mass is 32.2. The van der Waals surface area contributed by atoms with Crippen molar-refractivity contribution < 1.29 is 126 Å². The number of para-hydroxylation sites is 1. The molecular weight excluding hydrogens is 1980 g/mol. The summed E-state index contributed by atoms with van der Waals surface area (Å²) in [6.07, 6.45) is 1.81. The van der Waals surface area contributed by atoms with Crippen LogP contribution in [0.2, 0.25) is 0 Å². The van der Waals surface area contributed by atoms with Gasteiger partial charge in [-0.3, -0.25) is 135 Å². The van der Waals surface area contributed by atoms with Gasteiger partial charge < -0.3 is 144 Å². The highest BCUT2D eigenvalue weighted by Gasteiger charge is 2.38. The van der Waals surface area contributed by atoms with Gasteiger partial charge in [0.2, 0.25) is 106 Å². The average molecular weight is 2120 g/mol. The maximum atomic E-state index is 14.8. The number of fused-ring (bicyclic) bond motifs is 1. The van der Waals surface area contributed by atoms with Gasteiger partial charge in [0.1, 0.15) is 72.2 Å². The summed E-state index contributed by atoms with van der Waals surface area (Å²) in [5, 5.41) is 89.6. The molecule has 1 aliphatic heterocycles. The summed E-state index contributed by atoms with van der Waals surface area (Å²) in [6.45, 7) is 8.10. The van der Waals surface area contributed by atoms with Crippen LogP contribution in [0.15, 0.2) is 96.8 Å². The number of primary amides is 4. The van der Waals surface area contributed by atoms with Crippen molar-refractivity contribution in [2.24, 2.45) is 45.5 Å². The number of aromatic hydroxyl groups is 1. The molecule has 0 radical (unpaired) electrons. The number of aliphatic imine (C=N–C) groups is 1. The molecule has 11 atom stereocenters. The fourth-order valence-corrected chi connectivity index (χ4v) is 15.5. The van der Waals surface area contributed by atoms with Gasteiger partial charge in [0, 0.05) is 113 Å². The van der Waals surface area contributed by atoms with E-state index in [2.05, 4.69) is 107 Å². The molecule has 0 bridgehead atoms. The molecular formula is C94H139N29O26S. The molecule has 56 heteroatoms. The summed E-state index contributed by atoms with van der Waals surface area (Å²) in [4.78, 5) is 310. The van der Waals surface area contributed by atoms with E-state index >= 15 is 0 Å². The Bertz CT molecular complexity index is 5370. The topological polar surface area (TPSA) is 856 Å². The van der Waals surface area contributed by atoms with Crippen LogP contribution in [0.4, 0.5) is 5.69 Å². The van der Waals surface area contributed by atoms with Crippen LogP contribution in [0.25, 0.3) is 10.9 Å². The molecule has 55 nitrogen and oxygen atoms in total. The molecule has 0 saturated carbocycles. The average Bonchev–Trinajstić information content (AvgIpc) is 1.65. The minimum absolute atomic E-state index is 0.0345. The number of amides is 19. The summed E-state index contributed by atoms with van der Waals surface area (Å²) < 4.78 is 0. The van der Waals surface area contributed by atoms with Crippen LogP contribution in [0, 0.1) is 17.2 Å². The Morgan fingerprint density at radius 1 is 0.467 bits per heavy atom. The van der Waals surface area contributed by atoms with Gasteiger partial charge >= 0.3 is 17.9 Å². The Hall–Kier alpha value is -16.0. The van der Waals surface area contributed by atoms with Crippen molar-refractivity contribution in [3.63, 3.8) is 0 Å². The van der Waals surface area contributed by atoms with Gasteiger partial charge in [-0.1, -0.05) is 64.6 Å². The predicted octanol–water partition coefficient (Wildman–Crippen LogP) is -8.54. The largest absolute Gasteiger partial charge is 0.508 e. The number of hydrogen-bond acceptors (Lipinski definition) is 30. The van der Waals surface area contributed by atoms with E-state index in [9.17, 15) is 126 Å². The van der Waals surface area contributed by atoms with Crippen LogP contribution in [0.1, 0.15) is 114 Å². The summed E-state index contributed by atoms with van der Waals surface area (Å²) in [6, 6.07) is -0.0633. The number of aliphatic carboxylic acids is 3. The van der Waals surface area contributed by atoms with Crippen LogP contribution in [-0.4, -0.2) is 377 Å². The lowest BCUT2D eigenvalue weighted by Crippen LogP contribution is -2.60. The molecule has 0 aliphatic carbocycles. The van der Waals surface area contributed by atoms with Gasteiger partial charge in [-0.15, -0.1) is 0 Å². The number of carboxylic acids is 3. The number of aromatic amines is 1. The summed E-state index contributed by atoms with van der Waals surface area (Å²) in [7, 11) is 0. The van der Waals surface area contributed by atoms with Gasteiger partial charge in [0.05, 0.1) is 65.1 Å². The predicted molar refractivity (Wildman–Crippen MR) is 546 cm³/mol. The number of H-pyrrole nitrogens is 1. The highest BCUT2D eigenvalue weighted by molar-refractivity contribution is 7.98. The van der Waals surface area contributed by atoms with E-state index in [4.69, 9.17) is 34.1 Å². The zero-order valence-electron chi connectivity index (χ0n) is 84.2. The number of guanidine groups is 1. The third kappa shape index (κ3) is 47.7. The summed E-state index contributed by atoms with van der Waals surface area (Å²) in [5.41, 5.74) is 29.0. The van der Waals surface area contributed by atoms with E-state index in [0.717, 1.165) is 0 Å². The first kappa shape index (κ1) is 124. The molecule has 0 spiro atoms. The number of aromatic nitrogens is 1. The Morgan fingerprint density at radius 2 is 0.933 bits per heavy atom. The van der Waals surface area contributed by atoms with Crippen molar-refractivity contribution in [2.75, 3.05) is 129 Å². The first-order valence-corrected chi connectivity index (χ1v) is 49.4. The normalized spacial score (nSPS) is 14.9. The van der Waals surface area contributed by atoms with E-state index in [1.807, 2.05) is 0 Å². The molecule has 33 N–H and O–H groups in total. The van der Waals surface area contributed by atoms with Gasteiger partial charge in [-0.05, 0) is 129 Å². The Labute approximate surface area is 867 Å². The van der Waals surface area contributed by atoms with Gasteiger partial charge in [-0.2, -0.15) is 11.8 Å². The van der Waals surface area contributed by atoms with Crippen molar-refractivity contribution >= 4 is 171 Å². The van der Waals surface area contributed by atoms with Gasteiger partial charge in [0.25, 0.3) is 5.91 Å². The second kappa shape index (κ2) is 64.9. The Kier molecular flexibility index (Phi) is 53.8. The van der Waals surface area contributed by atoms with Crippen molar-refractivity contribution in [1.29, 1.82) is 5.41 Å². The molecule has 4 aromatic rings. The number of anilines is 1. The zero-order valence-corrected chi connectivity index (χ0v) is 85.0. The smallest absolute Gasteiger partial charge is 0.317 e. The quantitative estimate of drug-likeness (QED) is 0.0111. The van der Waals surface area contributed by atoms with Gasteiger partial charge in [0.15, 0.2) is 5.96 Å². The number of carbonyl (C=O) groups is 22. The molecule has 1 aliphatic rings. The van der Waals surface area contributed by atoms with Crippen LogP contribution in [-0.2, 0) is 114 Å². The van der Waals surface area contributed by atoms with Crippen LogP contribution in [0.3, 0.4) is 0 Å². The minimum Gasteiger partial charge on any atom is -0.508 e. The van der Waals surface area contributed by atoms with Crippen LogP contribution >= 0.6 is 11.8 Å². The minimum atomic E-state index is -1.99. The summed E-state index contributed by atoms with van der Waals surface area (Å²) in [5.74, 6) is -23.2. The van der Waals surface area contributed by atoms with Crippen molar-refractivity contribution in [1.82, 2.24) is 110 Å². The SMILES string of the molecule is C=CNC=NC[C@H](NC(=O)CNC(=O)[C@@H](NC(=O)[C@H](C)NC(=O)[C@H](Cc1c[nH]c2ccccc12)NC(=O)[C@H](CCC(N)=O)NC(=O)[C@H](CC(N)=O)NC(=O)CNC(=O)[C@H](Cc1ccc(O)cc1)NC(=O)[C@H](CCCNC(=N)N)NC(=O)[C@H](CCC(N)=O)NC(=O)c1ccc(NC(=O)CNC(=O)CN2CCN(CC(=O)O)CCN(CC(=O)O)CCN(CC(=O)O)CC2)cc1)C(C)C)C(=O)N[C@@H](CC(C)C)C(=O)N[C@@H](CCSC)C(N)=O. The van der Waals surface area contributed by atoms with Crippen molar-refractivity contribution in [2.45, 2.75) is 172 Å². The molecule has 5 rings (SSSR count).